The first-order valence-electron chi connectivity index (χ1n) is 10.0. The van der Waals surface area contributed by atoms with Gasteiger partial charge in [0.05, 0.1) is 37.0 Å². The predicted molar refractivity (Wildman–Crippen MR) is 124 cm³/mol. The average Bonchev–Trinajstić information content (AvgIpc) is 2.83. The number of benzene rings is 3. The van der Waals surface area contributed by atoms with Gasteiger partial charge in [0.25, 0.3) is 0 Å². The van der Waals surface area contributed by atoms with Gasteiger partial charge in [-0.2, -0.15) is 0 Å². The summed E-state index contributed by atoms with van der Waals surface area (Å²) in [4.78, 5) is 14.4. The minimum atomic E-state index is -0.410. The topological polar surface area (TPSA) is 61.1 Å². The summed E-state index contributed by atoms with van der Waals surface area (Å²) in [5, 5.41) is 1.31. The summed E-state index contributed by atoms with van der Waals surface area (Å²) in [6.45, 7) is 0.743. The number of halogens is 1. The zero-order valence-electron chi connectivity index (χ0n) is 17.6. The van der Waals surface area contributed by atoms with Gasteiger partial charge in [0.15, 0.2) is 6.73 Å². The summed E-state index contributed by atoms with van der Waals surface area (Å²) in [5.74, 6) is 1.81. The van der Waals surface area contributed by atoms with Gasteiger partial charge in [0.1, 0.15) is 22.8 Å². The highest BCUT2D eigenvalue weighted by atomic mass is 35.5. The summed E-state index contributed by atoms with van der Waals surface area (Å²) < 4.78 is 22.6. The monoisotopic (exact) mass is 449 g/mol. The van der Waals surface area contributed by atoms with Crippen LogP contribution in [-0.4, -0.2) is 21.0 Å². The van der Waals surface area contributed by atoms with Gasteiger partial charge in [-0.3, -0.25) is 0 Å². The summed E-state index contributed by atoms with van der Waals surface area (Å²) in [5.41, 5.74) is 3.41. The Morgan fingerprint density at radius 3 is 2.50 bits per heavy atom. The van der Waals surface area contributed by atoms with Crippen LogP contribution in [0.4, 0.5) is 5.69 Å². The molecule has 0 fully saturated rings. The Balaban J connectivity index is 1.64. The van der Waals surface area contributed by atoms with E-state index >= 15 is 0 Å². The van der Waals surface area contributed by atoms with E-state index in [1.807, 2.05) is 47.4 Å². The van der Waals surface area contributed by atoms with Crippen LogP contribution in [0, 0.1) is 0 Å². The third-order valence-electron chi connectivity index (χ3n) is 5.58. The first-order chi connectivity index (χ1) is 15.6. The van der Waals surface area contributed by atoms with Gasteiger partial charge in [-0.25, -0.2) is 4.79 Å². The van der Waals surface area contributed by atoms with E-state index < -0.39 is 5.63 Å². The third-order valence-corrected chi connectivity index (χ3v) is 5.87. The molecule has 32 heavy (non-hydrogen) atoms. The molecule has 1 aliphatic heterocycles. The minimum absolute atomic E-state index is 0.292. The first-order valence-corrected chi connectivity index (χ1v) is 10.4. The molecule has 0 radical (unpaired) electrons. The molecule has 2 heterocycles. The van der Waals surface area contributed by atoms with Crippen LogP contribution >= 0.6 is 11.6 Å². The fourth-order valence-corrected chi connectivity index (χ4v) is 4.27. The van der Waals surface area contributed by atoms with E-state index in [4.69, 9.17) is 30.2 Å². The quantitative estimate of drug-likeness (QED) is 0.384. The van der Waals surface area contributed by atoms with Crippen molar-refractivity contribution in [1.29, 1.82) is 0 Å². The summed E-state index contributed by atoms with van der Waals surface area (Å²) in [7, 11) is 3.14. The Hall–Kier alpha value is -3.64. The predicted octanol–water partition coefficient (Wildman–Crippen LogP) is 5.49. The molecule has 1 aromatic heterocycles. The fourth-order valence-electron chi connectivity index (χ4n) is 4.04. The lowest BCUT2D eigenvalue weighted by Gasteiger charge is -2.32. The summed E-state index contributed by atoms with van der Waals surface area (Å²) in [6.07, 6.45) is 0. The molecular weight excluding hydrogens is 430 g/mol. The Labute approximate surface area is 189 Å². The normalized spacial score (nSPS) is 12.9. The van der Waals surface area contributed by atoms with Crippen molar-refractivity contribution in [2.24, 2.45) is 0 Å². The zero-order chi connectivity index (χ0) is 22.2. The zero-order valence-corrected chi connectivity index (χ0v) is 18.3. The van der Waals surface area contributed by atoms with Crippen LogP contribution in [0.25, 0.3) is 22.1 Å². The number of ether oxygens (including phenoxy) is 3. The number of rotatable bonds is 4. The van der Waals surface area contributed by atoms with Gasteiger partial charge in [0.2, 0.25) is 0 Å². The van der Waals surface area contributed by atoms with E-state index in [1.165, 1.54) is 6.07 Å². The number of fused-ring (bicyclic) bond motifs is 3. The summed E-state index contributed by atoms with van der Waals surface area (Å²) in [6, 6.07) is 18.7. The van der Waals surface area contributed by atoms with Gasteiger partial charge < -0.3 is 23.5 Å². The van der Waals surface area contributed by atoms with Crippen molar-refractivity contribution in [3.8, 4) is 28.4 Å². The van der Waals surface area contributed by atoms with Gasteiger partial charge in [-0.05, 0) is 29.3 Å². The van der Waals surface area contributed by atoms with Crippen LogP contribution in [0.3, 0.4) is 0 Å². The Bertz CT molecular complexity index is 1370. The lowest BCUT2D eigenvalue weighted by Crippen LogP contribution is -2.32. The molecule has 0 spiro atoms. The molecule has 0 saturated heterocycles. The molecular formula is C25H20ClNO5. The molecule has 5 rings (SSSR count). The van der Waals surface area contributed by atoms with Crippen molar-refractivity contribution in [2.75, 3.05) is 25.9 Å². The molecule has 0 N–H and O–H groups in total. The molecule has 162 valence electrons. The molecule has 0 saturated carbocycles. The highest BCUT2D eigenvalue weighted by molar-refractivity contribution is 6.32. The standard InChI is InChI=1S/C25H20ClNO5/c1-29-22-12-23(30-2)20(11-19(22)26)27-13-18-21(31-14-27)9-8-16-17(10-24(28)32-25(16)18)15-6-4-3-5-7-15/h3-12H,13-14H2,1-2H3. The Morgan fingerprint density at radius 1 is 0.969 bits per heavy atom. The number of anilines is 1. The molecule has 3 aromatic carbocycles. The van der Waals surface area contributed by atoms with Crippen molar-refractivity contribution in [3.63, 3.8) is 0 Å². The van der Waals surface area contributed by atoms with Crippen LogP contribution in [0.1, 0.15) is 5.56 Å². The molecule has 0 aliphatic carbocycles. The minimum Gasteiger partial charge on any atom is -0.495 e. The van der Waals surface area contributed by atoms with Crippen molar-refractivity contribution < 1.29 is 18.6 Å². The van der Waals surface area contributed by atoms with Crippen molar-refractivity contribution in [1.82, 2.24) is 0 Å². The smallest absolute Gasteiger partial charge is 0.336 e. The third kappa shape index (κ3) is 3.42. The number of nitrogens with zero attached hydrogens (tertiary/aromatic N) is 1. The van der Waals surface area contributed by atoms with Gasteiger partial charge in [-0.15, -0.1) is 0 Å². The van der Waals surface area contributed by atoms with E-state index in [0.717, 1.165) is 27.8 Å². The molecule has 4 aromatic rings. The van der Waals surface area contributed by atoms with E-state index in [-0.39, 0.29) is 0 Å². The SMILES string of the molecule is COc1cc(OC)c(N2COc3ccc4c(-c5ccccc5)cc(=O)oc4c3C2)cc1Cl. The van der Waals surface area contributed by atoms with E-state index in [0.29, 0.717) is 41.1 Å². The van der Waals surface area contributed by atoms with Crippen molar-refractivity contribution >= 4 is 28.3 Å². The van der Waals surface area contributed by atoms with E-state index in [1.54, 1.807) is 26.4 Å². The van der Waals surface area contributed by atoms with Gasteiger partial charge in [-0.1, -0.05) is 41.9 Å². The van der Waals surface area contributed by atoms with Crippen LogP contribution in [0.5, 0.6) is 17.2 Å². The van der Waals surface area contributed by atoms with Crippen LogP contribution in [0.15, 0.2) is 69.9 Å². The van der Waals surface area contributed by atoms with Crippen molar-refractivity contribution in [3.05, 3.63) is 81.7 Å². The highest BCUT2D eigenvalue weighted by Crippen LogP contribution is 2.42. The van der Waals surface area contributed by atoms with Crippen molar-refractivity contribution in [2.45, 2.75) is 6.54 Å². The maximum absolute atomic E-state index is 12.5. The summed E-state index contributed by atoms with van der Waals surface area (Å²) >= 11 is 6.37. The maximum Gasteiger partial charge on any atom is 0.336 e. The number of hydrogen-bond donors (Lipinski definition) is 0. The lowest BCUT2D eigenvalue weighted by atomic mass is 9.99. The Morgan fingerprint density at radius 2 is 1.75 bits per heavy atom. The second-order valence-corrected chi connectivity index (χ2v) is 7.80. The molecule has 0 amide bonds. The van der Waals surface area contributed by atoms with Crippen LogP contribution < -0.4 is 24.7 Å². The lowest BCUT2D eigenvalue weighted by molar-refractivity contribution is 0.286. The van der Waals surface area contributed by atoms with E-state index in [2.05, 4.69) is 0 Å². The van der Waals surface area contributed by atoms with E-state index in [9.17, 15) is 4.79 Å². The molecule has 0 bridgehead atoms. The molecule has 0 unspecified atom stereocenters. The van der Waals surface area contributed by atoms with Gasteiger partial charge >= 0.3 is 5.63 Å². The number of methoxy groups -OCH3 is 2. The van der Waals surface area contributed by atoms with Crippen LogP contribution in [0.2, 0.25) is 5.02 Å². The first kappa shape index (κ1) is 20.3. The fraction of sp³-hybridized carbons (Fsp3) is 0.160. The van der Waals surface area contributed by atoms with Crippen LogP contribution in [-0.2, 0) is 6.54 Å². The van der Waals surface area contributed by atoms with Gasteiger partial charge in [0, 0.05) is 17.5 Å². The molecule has 7 heteroatoms. The second kappa shape index (κ2) is 8.13. The molecule has 0 atom stereocenters. The number of hydrogen-bond acceptors (Lipinski definition) is 6. The second-order valence-electron chi connectivity index (χ2n) is 7.39. The molecule has 1 aliphatic rings. The Kier molecular flexibility index (Phi) is 5.15. The largest absolute Gasteiger partial charge is 0.495 e. The maximum atomic E-state index is 12.5. The highest BCUT2D eigenvalue weighted by Gasteiger charge is 2.25. The molecule has 6 nitrogen and oxygen atoms in total. The average molecular weight is 450 g/mol.